The summed E-state index contributed by atoms with van der Waals surface area (Å²) >= 11 is 0. The quantitative estimate of drug-likeness (QED) is 0.245. The molecule has 0 aliphatic carbocycles. The van der Waals surface area contributed by atoms with Crippen LogP contribution in [0.25, 0.3) is 0 Å². The predicted molar refractivity (Wildman–Crippen MR) is 136 cm³/mol. The van der Waals surface area contributed by atoms with E-state index in [-0.39, 0.29) is 6.04 Å². The van der Waals surface area contributed by atoms with Gasteiger partial charge in [0.05, 0.1) is 6.04 Å². The zero-order chi connectivity index (χ0) is 21.8. The summed E-state index contributed by atoms with van der Waals surface area (Å²) in [5.41, 5.74) is 5.49. The SMILES string of the molecule is c1ccc(C(CCCCCNC(c2ccccc2)c2ccccc2)c2ccccc2)cc1. The molecule has 0 radical (unpaired) electrons. The Morgan fingerprint density at radius 1 is 0.438 bits per heavy atom. The van der Waals surface area contributed by atoms with Gasteiger partial charge in [0, 0.05) is 5.92 Å². The third kappa shape index (κ3) is 6.18. The van der Waals surface area contributed by atoms with Crippen molar-refractivity contribution in [3.8, 4) is 0 Å². The van der Waals surface area contributed by atoms with Gasteiger partial charge < -0.3 is 5.32 Å². The number of benzene rings is 4. The van der Waals surface area contributed by atoms with Gasteiger partial charge in [-0.1, -0.05) is 134 Å². The molecule has 0 spiro atoms. The fraction of sp³-hybridized carbons (Fsp3) is 0.226. The Bertz CT molecular complexity index is 847. The second-order valence-electron chi connectivity index (χ2n) is 8.43. The highest BCUT2D eigenvalue weighted by molar-refractivity contribution is 5.33. The highest BCUT2D eigenvalue weighted by Crippen LogP contribution is 2.30. The van der Waals surface area contributed by atoms with Crippen molar-refractivity contribution in [2.75, 3.05) is 6.54 Å². The maximum absolute atomic E-state index is 3.80. The highest BCUT2D eigenvalue weighted by Gasteiger charge is 2.14. The topological polar surface area (TPSA) is 12.0 Å². The van der Waals surface area contributed by atoms with Crippen LogP contribution in [0, 0.1) is 0 Å². The third-order valence-corrected chi connectivity index (χ3v) is 6.19. The molecular formula is C31H33N. The van der Waals surface area contributed by atoms with E-state index in [0.29, 0.717) is 5.92 Å². The first-order chi connectivity index (χ1) is 15.9. The summed E-state index contributed by atoms with van der Waals surface area (Å²) in [5.74, 6) is 0.478. The Labute approximate surface area is 193 Å². The van der Waals surface area contributed by atoms with Crippen LogP contribution in [0.4, 0.5) is 0 Å². The van der Waals surface area contributed by atoms with Gasteiger partial charge in [-0.3, -0.25) is 0 Å². The molecule has 4 aromatic rings. The first-order valence-electron chi connectivity index (χ1n) is 11.8. The van der Waals surface area contributed by atoms with Crippen LogP contribution < -0.4 is 5.32 Å². The summed E-state index contributed by atoms with van der Waals surface area (Å²) in [6.45, 7) is 1.02. The number of rotatable bonds is 11. The molecule has 32 heavy (non-hydrogen) atoms. The van der Waals surface area contributed by atoms with Crippen LogP contribution in [0.5, 0.6) is 0 Å². The van der Waals surface area contributed by atoms with Gasteiger partial charge in [0.1, 0.15) is 0 Å². The van der Waals surface area contributed by atoms with Gasteiger partial charge in [-0.2, -0.15) is 0 Å². The Hall–Kier alpha value is -3.16. The van der Waals surface area contributed by atoms with Gasteiger partial charge in [-0.25, -0.2) is 0 Å². The van der Waals surface area contributed by atoms with Crippen molar-refractivity contribution < 1.29 is 0 Å². The molecule has 0 aliphatic heterocycles. The van der Waals surface area contributed by atoms with E-state index in [4.69, 9.17) is 0 Å². The standard InChI is InChI=1S/C31H33N/c1-6-16-26(17-7-1)30(27-18-8-2-9-19-27)24-14-5-15-25-32-31(28-20-10-3-11-21-28)29-22-12-4-13-23-29/h1-4,6-13,16-23,30-32H,5,14-15,24-25H2. The van der Waals surface area contributed by atoms with Crippen LogP contribution in [0.15, 0.2) is 121 Å². The summed E-state index contributed by atoms with van der Waals surface area (Å²) in [7, 11) is 0. The molecule has 0 aromatic heterocycles. The summed E-state index contributed by atoms with van der Waals surface area (Å²) in [5, 5.41) is 3.80. The largest absolute Gasteiger partial charge is 0.306 e. The monoisotopic (exact) mass is 419 g/mol. The molecule has 0 atom stereocenters. The molecule has 0 unspecified atom stereocenters. The second kappa shape index (κ2) is 12.0. The van der Waals surface area contributed by atoms with E-state index < -0.39 is 0 Å². The van der Waals surface area contributed by atoms with Crippen LogP contribution in [0.2, 0.25) is 0 Å². The molecule has 1 nitrogen and oxygen atoms in total. The van der Waals surface area contributed by atoms with Gasteiger partial charge in [0.25, 0.3) is 0 Å². The number of hydrogen-bond donors (Lipinski definition) is 1. The van der Waals surface area contributed by atoms with Crippen LogP contribution in [-0.2, 0) is 0 Å². The van der Waals surface area contributed by atoms with Crippen LogP contribution in [0.3, 0.4) is 0 Å². The predicted octanol–water partition coefficient (Wildman–Crippen LogP) is 7.76. The van der Waals surface area contributed by atoms with Gasteiger partial charge in [-0.05, 0) is 41.6 Å². The Balaban J connectivity index is 1.31. The van der Waals surface area contributed by atoms with E-state index in [1.807, 2.05) is 0 Å². The Kier molecular flexibility index (Phi) is 8.29. The Morgan fingerprint density at radius 2 is 0.844 bits per heavy atom. The molecule has 0 saturated carbocycles. The fourth-order valence-electron chi connectivity index (χ4n) is 4.51. The van der Waals surface area contributed by atoms with Gasteiger partial charge in [-0.15, -0.1) is 0 Å². The van der Waals surface area contributed by atoms with E-state index in [2.05, 4.69) is 127 Å². The minimum Gasteiger partial charge on any atom is -0.306 e. The molecule has 0 saturated heterocycles. The maximum Gasteiger partial charge on any atom is 0.0576 e. The first-order valence-corrected chi connectivity index (χ1v) is 11.8. The van der Waals surface area contributed by atoms with E-state index in [1.165, 1.54) is 47.9 Å². The summed E-state index contributed by atoms with van der Waals surface area (Å²) in [6.07, 6.45) is 4.85. The minimum absolute atomic E-state index is 0.249. The second-order valence-corrected chi connectivity index (χ2v) is 8.43. The summed E-state index contributed by atoms with van der Waals surface area (Å²) in [4.78, 5) is 0. The van der Waals surface area contributed by atoms with Gasteiger partial charge in [0.2, 0.25) is 0 Å². The first kappa shape index (κ1) is 22.0. The molecule has 0 heterocycles. The molecular weight excluding hydrogens is 386 g/mol. The smallest absolute Gasteiger partial charge is 0.0576 e. The average molecular weight is 420 g/mol. The van der Waals surface area contributed by atoms with Crippen molar-refractivity contribution in [3.63, 3.8) is 0 Å². The Morgan fingerprint density at radius 3 is 1.28 bits per heavy atom. The zero-order valence-electron chi connectivity index (χ0n) is 18.7. The van der Waals surface area contributed by atoms with Crippen LogP contribution in [0.1, 0.15) is 59.9 Å². The van der Waals surface area contributed by atoms with Crippen LogP contribution >= 0.6 is 0 Å². The average Bonchev–Trinajstić information content (AvgIpc) is 2.88. The zero-order valence-corrected chi connectivity index (χ0v) is 18.7. The lowest BCUT2D eigenvalue weighted by molar-refractivity contribution is 0.540. The molecule has 1 N–H and O–H groups in total. The van der Waals surface area contributed by atoms with E-state index in [1.54, 1.807) is 0 Å². The lowest BCUT2D eigenvalue weighted by Crippen LogP contribution is -2.23. The molecule has 0 bridgehead atoms. The number of hydrogen-bond acceptors (Lipinski definition) is 1. The molecule has 0 amide bonds. The van der Waals surface area contributed by atoms with E-state index in [9.17, 15) is 0 Å². The molecule has 162 valence electrons. The molecule has 0 aliphatic rings. The molecule has 1 heteroatoms. The van der Waals surface area contributed by atoms with Crippen molar-refractivity contribution in [2.45, 2.75) is 37.6 Å². The van der Waals surface area contributed by atoms with Gasteiger partial charge >= 0.3 is 0 Å². The van der Waals surface area contributed by atoms with Crippen molar-refractivity contribution >= 4 is 0 Å². The molecule has 4 aromatic carbocycles. The normalized spacial score (nSPS) is 11.2. The van der Waals surface area contributed by atoms with Crippen molar-refractivity contribution in [1.82, 2.24) is 5.32 Å². The lowest BCUT2D eigenvalue weighted by Gasteiger charge is -2.20. The van der Waals surface area contributed by atoms with E-state index in [0.717, 1.165) is 6.54 Å². The fourth-order valence-corrected chi connectivity index (χ4v) is 4.51. The summed E-state index contributed by atoms with van der Waals surface area (Å²) in [6, 6.07) is 43.7. The summed E-state index contributed by atoms with van der Waals surface area (Å²) < 4.78 is 0. The van der Waals surface area contributed by atoms with Crippen LogP contribution in [-0.4, -0.2) is 6.54 Å². The number of nitrogens with one attached hydrogen (secondary N) is 1. The van der Waals surface area contributed by atoms with E-state index >= 15 is 0 Å². The lowest BCUT2D eigenvalue weighted by atomic mass is 9.87. The third-order valence-electron chi connectivity index (χ3n) is 6.19. The maximum atomic E-state index is 3.80. The van der Waals surface area contributed by atoms with Crippen molar-refractivity contribution in [1.29, 1.82) is 0 Å². The molecule has 4 rings (SSSR count). The van der Waals surface area contributed by atoms with Crippen molar-refractivity contribution in [2.24, 2.45) is 0 Å². The highest BCUT2D eigenvalue weighted by atomic mass is 14.9. The van der Waals surface area contributed by atoms with Crippen molar-refractivity contribution in [3.05, 3.63) is 144 Å². The number of unbranched alkanes of at least 4 members (excludes halogenated alkanes) is 2. The van der Waals surface area contributed by atoms with Gasteiger partial charge in [0.15, 0.2) is 0 Å². The minimum atomic E-state index is 0.249. The molecule has 0 fully saturated rings.